The van der Waals surface area contributed by atoms with Crippen LogP contribution in [-0.4, -0.2) is 42.4 Å². The van der Waals surface area contributed by atoms with Crippen LogP contribution in [0.3, 0.4) is 0 Å². The quantitative estimate of drug-likeness (QED) is 0.759. The van der Waals surface area contributed by atoms with Crippen molar-refractivity contribution < 1.29 is 14.3 Å². The molecule has 1 aromatic heterocycles. The lowest BCUT2D eigenvalue weighted by Crippen LogP contribution is -2.29. The minimum Gasteiger partial charge on any atom is -0.486 e. The maximum atomic E-state index is 12.3. The van der Waals surface area contributed by atoms with Gasteiger partial charge in [0.2, 0.25) is 0 Å². The molecule has 3 heterocycles. The van der Waals surface area contributed by atoms with Gasteiger partial charge in [-0.05, 0) is 24.1 Å². The van der Waals surface area contributed by atoms with Crippen LogP contribution in [-0.2, 0) is 19.4 Å². The second kappa shape index (κ2) is 7.76. The largest absolute Gasteiger partial charge is 0.486 e. The SMILES string of the molecule is Cl.O=C(NCCc1ccc2c(c1)OCCO2)c1n[nH]c2c1CNCC2. The number of nitrogens with one attached hydrogen (secondary N) is 3. The summed E-state index contributed by atoms with van der Waals surface area (Å²) in [6.07, 6.45) is 1.61. The maximum Gasteiger partial charge on any atom is 0.272 e. The Labute approximate surface area is 151 Å². The van der Waals surface area contributed by atoms with Crippen LogP contribution >= 0.6 is 12.4 Å². The summed E-state index contributed by atoms with van der Waals surface area (Å²) in [7, 11) is 0. The average molecular weight is 365 g/mol. The minimum absolute atomic E-state index is 0. The highest BCUT2D eigenvalue weighted by molar-refractivity contribution is 5.94. The van der Waals surface area contributed by atoms with Crippen LogP contribution in [0.5, 0.6) is 11.5 Å². The highest BCUT2D eigenvalue weighted by Gasteiger charge is 2.21. The van der Waals surface area contributed by atoms with Gasteiger partial charge >= 0.3 is 0 Å². The lowest BCUT2D eigenvalue weighted by atomic mass is 10.1. The molecule has 7 nitrogen and oxygen atoms in total. The second-order valence-electron chi connectivity index (χ2n) is 5.94. The van der Waals surface area contributed by atoms with Crippen LogP contribution in [0.4, 0.5) is 0 Å². The van der Waals surface area contributed by atoms with Gasteiger partial charge < -0.3 is 20.1 Å². The summed E-state index contributed by atoms with van der Waals surface area (Å²) in [5.41, 5.74) is 3.65. The van der Waals surface area contributed by atoms with E-state index in [1.807, 2.05) is 18.2 Å². The number of H-pyrrole nitrogens is 1. The molecule has 2 aromatic rings. The number of carbonyl (C=O) groups excluding carboxylic acids is 1. The van der Waals surface area contributed by atoms with Gasteiger partial charge in [-0.2, -0.15) is 5.10 Å². The molecule has 2 aliphatic heterocycles. The number of benzene rings is 1. The van der Waals surface area contributed by atoms with Crippen molar-refractivity contribution in [1.82, 2.24) is 20.8 Å². The van der Waals surface area contributed by atoms with Crippen molar-refractivity contribution in [3.63, 3.8) is 0 Å². The molecule has 0 saturated carbocycles. The first-order valence-corrected chi connectivity index (χ1v) is 8.25. The zero-order valence-electron chi connectivity index (χ0n) is 13.8. The molecule has 0 saturated heterocycles. The molecule has 1 amide bonds. The molecular weight excluding hydrogens is 344 g/mol. The first-order valence-electron chi connectivity index (χ1n) is 8.25. The summed E-state index contributed by atoms with van der Waals surface area (Å²) in [6.45, 7) is 3.32. The summed E-state index contributed by atoms with van der Waals surface area (Å²) in [5, 5.41) is 13.3. The van der Waals surface area contributed by atoms with Crippen molar-refractivity contribution in [2.24, 2.45) is 0 Å². The van der Waals surface area contributed by atoms with E-state index in [2.05, 4.69) is 20.8 Å². The number of fused-ring (bicyclic) bond motifs is 2. The highest BCUT2D eigenvalue weighted by atomic mass is 35.5. The molecule has 0 radical (unpaired) electrons. The molecule has 0 bridgehead atoms. The van der Waals surface area contributed by atoms with Crippen molar-refractivity contribution >= 4 is 18.3 Å². The third kappa shape index (κ3) is 3.72. The number of hydrogen-bond donors (Lipinski definition) is 3. The molecule has 3 N–H and O–H groups in total. The molecular formula is C17H21ClN4O3. The number of rotatable bonds is 4. The first kappa shape index (κ1) is 17.6. The third-order valence-corrected chi connectivity index (χ3v) is 4.33. The van der Waals surface area contributed by atoms with Crippen LogP contribution < -0.4 is 20.1 Å². The minimum atomic E-state index is -0.131. The summed E-state index contributed by atoms with van der Waals surface area (Å²) < 4.78 is 11.1. The third-order valence-electron chi connectivity index (χ3n) is 4.33. The normalized spacial score (nSPS) is 15.0. The lowest BCUT2D eigenvalue weighted by molar-refractivity contribution is 0.0948. The van der Waals surface area contributed by atoms with Crippen molar-refractivity contribution in [3.05, 3.63) is 40.7 Å². The fourth-order valence-electron chi connectivity index (χ4n) is 3.06. The number of amides is 1. The number of hydrogen-bond acceptors (Lipinski definition) is 5. The fraction of sp³-hybridized carbons (Fsp3) is 0.412. The Balaban J connectivity index is 0.00000182. The Morgan fingerprint density at radius 2 is 2.08 bits per heavy atom. The maximum absolute atomic E-state index is 12.3. The smallest absolute Gasteiger partial charge is 0.272 e. The predicted molar refractivity (Wildman–Crippen MR) is 94.7 cm³/mol. The summed E-state index contributed by atoms with van der Waals surface area (Å²) in [5.74, 6) is 1.43. The van der Waals surface area contributed by atoms with Crippen LogP contribution in [0.1, 0.15) is 27.3 Å². The number of nitrogens with zero attached hydrogens (tertiary/aromatic N) is 1. The van der Waals surface area contributed by atoms with E-state index in [-0.39, 0.29) is 18.3 Å². The van der Waals surface area contributed by atoms with Crippen molar-refractivity contribution in [1.29, 1.82) is 0 Å². The van der Waals surface area contributed by atoms with Crippen LogP contribution in [0.25, 0.3) is 0 Å². The van der Waals surface area contributed by atoms with Gasteiger partial charge in [-0.3, -0.25) is 9.89 Å². The zero-order chi connectivity index (χ0) is 16.4. The summed E-state index contributed by atoms with van der Waals surface area (Å²) >= 11 is 0. The monoisotopic (exact) mass is 364 g/mol. The summed E-state index contributed by atoms with van der Waals surface area (Å²) in [4.78, 5) is 12.3. The van der Waals surface area contributed by atoms with Crippen molar-refractivity contribution in [2.45, 2.75) is 19.4 Å². The Kier molecular flexibility index (Phi) is 5.45. The highest BCUT2D eigenvalue weighted by Crippen LogP contribution is 2.30. The number of ether oxygens (including phenoxy) is 2. The Morgan fingerprint density at radius 1 is 1.24 bits per heavy atom. The molecule has 0 aliphatic carbocycles. The van der Waals surface area contributed by atoms with E-state index in [1.165, 1.54) is 0 Å². The molecule has 2 aliphatic rings. The van der Waals surface area contributed by atoms with Crippen LogP contribution in [0.15, 0.2) is 18.2 Å². The average Bonchev–Trinajstić information content (AvgIpc) is 3.06. The molecule has 4 rings (SSSR count). The van der Waals surface area contributed by atoms with Gasteiger partial charge in [-0.25, -0.2) is 0 Å². The van der Waals surface area contributed by atoms with Gasteiger partial charge in [0, 0.05) is 37.3 Å². The van der Waals surface area contributed by atoms with Gasteiger partial charge in [0.05, 0.1) is 0 Å². The molecule has 0 unspecified atom stereocenters. The Bertz CT molecular complexity index is 762. The van der Waals surface area contributed by atoms with Crippen molar-refractivity contribution in [2.75, 3.05) is 26.3 Å². The number of halogens is 1. The lowest BCUT2D eigenvalue weighted by Gasteiger charge is -2.18. The predicted octanol–water partition coefficient (Wildman–Crippen LogP) is 1.22. The zero-order valence-corrected chi connectivity index (χ0v) is 14.6. The standard InChI is InChI=1S/C17H20N4O3.ClH/c22-17(16-12-10-18-5-4-13(12)20-21-16)19-6-3-11-1-2-14-15(9-11)24-8-7-23-14;/h1-2,9,18H,3-8,10H2,(H,19,22)(H,20,21);1H. The molecule has 8 heteroatoms. The summed E-state index contributed by atoms with van der Waals surface area (Å²) in [6, 6.07) is 5.89. The first-order chi connectivity index (χ1) is 11.8. The Morgan fingerprint density at radius 3 is 2.96 bits per heavy atom. The van der Waals surface area contributed by atoms with Gasteiger partial charge in [0.1, 0.15) is 13.2 Å². The molecule has 134 valence electrons. The molecule has 0 spiro atoms. The van der Waals surface area contributed by atoms with Crippen molar-refractivity contribution in [3.8, 4) is 11.5 Å². The molecule has 0 fully saturated rings. The number of carbonyl (C=O) groups is 1. The van der Waals surface area contributed by atoms with Crippen LogP contribution in [0, 0.1) is 0 Å². The van der Waals surface area contributed by atoms with E-state index in [1.54, 1.807) is 0 Å². The van der Waals surface area contributed by atoms with E-state index < -0.39 is 0 Å². The van der Waals surface area contributed by atoms with Gasteiger partial charge in [0.25, 0.3) is 5.91 Å². The van der Waals surface area contributed by atoms with Gasteiger partial charge in [-0.15, -0.1) is 12.4 Å². The van der Waals surface area contributed by atoms with Crippen LogP contribution in [0.2, 0.25) is 0 Å². The van der Waals surface area contributed by atoms with E-state index >= 15 is 0 Å². The van der Waals surface area contributed by atoms with Gasteiger partial charge in [-0.1, -0.05) is 6.07 Å². The van der Waals surface area contributed by atoms with E-state index in [0.717, 1.165) is 47.7 Å². The fourth-order valence-corrected chi connectivity index (χ4v) is 3.06. The Hall–Kier alpha value is -2.25. The number of aromatic amines is 1. The molecule has 25 heavy (non-hydrogen) atoms. The second-order valence-corrected chi connectivity index (χ2v) is 5.94. The van der Waals surface area contributed by atoms with E-state index in [0.29, 0.717) is 32.0 Å². The number of aromatic nitrogens is 2. The van der Waals surface area contributed by atoms with Gasteiger partial charge in [0.15, 0.2) is 17.2 Å². The molecule has 0 atom stereocenters. The van der Waals surface area contributed by atoms with E-state index in [9.17, 15) is 4.79 Å². The topological polar surface area (TPSA) is 88.3 Å². The molecule has 1 aromatic carbocycles. The van der Waals surface area contributed by atoms with E-state index in [4.69, 9.17) is 9.47 Å².